The molecule has 0 saturated heterocycles. The number of hydrogen-bond donors (Lipinski definition) is 0. The van der Waals surface area contributed by atoms with Crippen LogP contribution < -0.4 is 0 Å². The predicted octanol–water partition coefficient (Wildman–Crippen LogP) is 2.47. The molecule has 2 nitrogen and oxygen atoms in total. The highest BCUT2D eigenvalue weighted by molar-refractivity contribution is 6.37. The average molecular weight is 216 g/mol. The summed E-state index contributed by atoms with van der Waals surface area (Å²) in [5, 5.41) is 0. The maximum Gasteiger partial charge on any atom is 0.215 e. The molecular weight excluding hydrogens is 207 g/mol. The van der Waals surface area contributed by atoms with E-state index in [1.807, 2.05) is 0 Å². The van der Waals surface area contributed by atoms with E-state index in [-0.39, 0.29) is 11.1 Å². The van der Waals surface area contributed by atoms with Crippen LogP contribution in [0.3, 0.4) is 0 Å². The van der Waals surface area contributed by atoms with Crippen LogP contribution in [-0.4, -0.2) is 11.6 Å². The van der Waals surface area contributed by atoms with Crippen molar-refractivity contribution < 1.29 is 14.0 Å². The van der Waals surface area contributed by atoms with E-state index in [1.54, 1.807) is 30.3 Å². The Hall–Kier alpha value is -2.03. The molecule has 0 saturated carbocycles. The van der Waals surface area contributed by atoms with Gasteiger partial charge in [-0.25, -0.2) is 4.39 Å². The van der Waals surface area contributed by atoms with Gasteiger partial charge in [0.25, 0.3) is 0 Å². The van der Waals surface area contributed by atoms with Crippen molar-refractivity contribution in [3.63, 3.8) is 0 Å². The maximum absolute atomic E-state index is 13.6. The molecule has 16 heavy (non-hydrogen) atoms. The molecule has 3 heteroatoms. The quantitative estimate of drug-likeness (QED) is 0.676. The van der Waals surface area contributed by atoms with Crippen LogP contribution in [0.1, 0.15) is 12.5 Å². The lowest BCUT2D eigenvalue weighted by Gasteiger charge is -2.12. The summed E-state index contributed by atoms with van der Waals surface area (Å²) in [5.41, 5.74) is 0.571. The van der Waals surface area contributed by atoms with Crippen LogP contribution >= 0.6 is 0 Å². The molecule has 1 aliphatic rings. The molecule has 0 amide bonds. The molecule has 0 aliphatic heterocycles. The molecule has 1 aromatic carbocycles. The molecule has 0 fully saturated rings. The molecular formula is C13H9FO2. The minimum atomic E-state index is -0.971. The van der Waals surface area contributed by atoms with Gasteiger partial charge in [0, 0.05) is 5.57 Å². The predicted molar refractivity (Wildman–Crippen MR) is 58.2 cm³/mol. The van der Waals surface area contributed by atoms with Gasteiger partial charge in [0.05, 0.1) is 5.57 Å². The van der Waals surface area contributed by atoms with Crippen molar-refractivity contribution in [1.29, 1.82) is 0 Å². The van der Waals surface area contributed by atoms with Gasteiger partial charge in [0.15, 0.2) is 11.6 Å². The standard InChI is InChI=1S/C13H9FO2/c1-8-7-10(15)12(14)11(13(8)16)9-5-3-2-4-6-9/h2-7H,1H3. The van der Waals surface area contributed by atoms with Crippen molar-refractivity contribution >= 4 is 17.1 Å². The van der Waals surface area contributed by atoms with Crippen molar-refractivity contribution in [3.8, 4) is 0 Å². The highest BCUT2D eigenvalue weighted by Crippen LogP contribution is 2.28. The highest BCUT2D eigenvalue weighted by Gasteiger charge is 2.27. The molecule has 1 aromatic rings. The molecule has 1 aliphatic carbocycles. The van der Waals surface area contributed by atoms with Crippen molar-refractivity contribution in [1.82, 2.24) is 0 Å². The van der Waals surface area contributed by atoms with Crippen LogP contribution in [0.4, 0.5) is 4.39 Å². The molecule has 0 bridgehead atoms. The number of allylic oxidation sites excluding steroid dienone is 4. The van der Waals surface area contributed by atoms with Crippen molar-refractivity contribution in [3.05, 3.63) is 53.4 Å². The monoisotopic (exact) mass is 216 g/mol. The van der Waals surface area contributed by atoms with Gasteiger partial charge >= 0.3 is 0 Å². The normalized spacial score (nSPS) is 16.5. The van der Waals surface area contributed by atoms with Gasteiger partial charge in [0.2, 0.25) is 5.78 Å². The summed E-state index contributed by atoms with van der Waals surface area (Å²) in [6, 6.07) is 8.37. The Labute approximate surface area is 92.1 Å². The Morgan fingerprint density at radius 2 is 1.69 bits per heavy atom. The lowest BCUT2D eigenvalue weighted by atomic mass is 9.91. The van der Waals surface area contributed by atoms with Crippen molar-refractivity contribution in [2.24, 2.45) is 0 Å². The SMILES string of the molecule is CC1=CC(=O)C(F)=C(c2ccccc2)C1=O. The smallest absolute Gasteiger partial charge is 0.215 e. The Kier molecular flexibility index (Phi) is 2.52. The Balaban J connectivity index is 2.59. The lowest BCUT2D eigenvalue weighted by Crippen LogP contribution is -2.15. The number of ketones is 2. The molecule has 2 rings (SSSR count). The van der Waals surface area contributed by atoms with Crippen LogP contribution in [0.5, 0.6) is 0 Å². The number of rotatable bonds is 1. The third kappa shape index (κ3) is 1.60. The Bertz CT molecular complexity index is 524. The van der Waals surface area contributed by atoms with Gasteiger partial charge in [-0.2, -0.15) is 0 Å². The van der Waals surface area contributed by atoms with E-state index in [0.29, 0.717) is 5.56 Å². The third-order valence-electron chi connectivity index (χ3n) is 2.43. The molecule has 0 N–H and O–H groups in total. The number of hydrogen-bond acceptors (Lipinski definition) is 2. The molecule has 0 spiro atoms. The van der Waals surface area contributed by atoms with Gasteiger partial charge in [-0.15, -0.1) is 0 Å². The first kappa shape index (κ1) is 10.5. The summed E-state index contributed by atoms with van der Waals surface area (Å²) in [6.45, 7) is 1.51. The van der Waals surface area contributed by atoms with Crippen molar-refractivity contribution in [2.75, 3.05) is 0 Å². The number of Topliss-reactive ketones (excluding diaryl/α,β-unsaturated/α-hetero) is 1. The van der Waals surface area contributed by atoms with Gasteiger partial charge in [-0.3, -0.25) is 9.59 Å². The van der Waals surface area contributed by atoms with E-state index >= 15 is 0 Å². The Morgan fingerprint density at radius 3 is 2.31 bits per heavy atom. The zero-order chi connectivity index (χ0) is 11.7. The minimum absolute atomic E-state index is 0.134. The summed E-state index contributed by atoms with van der Waals surface area (Å²) in [5.74, 6) is -2.14. The molecule has 0 radical (unpaired) electrons. The van der Waals surface area contributed by atoms with E-state index in [2.05, 4.69) is 0 Å². The lowest BCUT2D eigenvalue weighted by molar-refractivity contribution is -0.115. The number of benzene rings is 1. The molecule has 0 aromatic heterocycles. The van der Waals surface area contributed by atoms with E-state index in [4.69, 9.17) is 0 Å². The first-order valence-corrected chi connectivity index (χ1v) is 4.84. The average Bonchev–Trinajstić information content (AvgIpc) is 2.28. The number of carbonyl (C=O) groups excluding carboxylic acids is 2. The second-order valence-corrected chi connectivity index (χ2v) is 3.58. The van der Waals surface area contributed by atoms with Crippen LogP contribution in [0.15, 0.2) is 47.8 Å². The fraction of sp³-hybridized carbons (Fsp3) is 0.0769. The van der Waals surface area contributed by atoms with Crippen LogP contribution in [0.2, 0.25) is 0 Å². The van der Waals surface area contributed by atoms with E-state index < -0.39 is 17.4 Å². The minimum Gasteiger partial charge on any atom is -0.289 e. The van der Waals surface area contributed by atoms with Gasteiger partial charge < -0.3 is 0 Å². The van der Waals surface area contributed by atoms with E-state index in [0.717, 1.165) is 6.08 Å². The van der Waals surface area contributed by atoms with Crippen LogP contribution in [-0.2, 0) is 9.59 Å². The topological polar surface area (TPSA) is 34.1 Å². The summed E-state index contributed by atoms with van der Waals surface area (Å²) in [7, 11) is 0. The Morgan fingerprint density at radius 1 is 1.06 bits per heavy atom. The van der Waals surface area contributed by atoms with Gasteiger partial charge in [0.1, 0.15) is 0 Å². The molecule has 0 heterocycles. The molecule has 0 atom stereocenters. The largest absolute Gasteiger partial charge is 0.289 e. The summed E-state index contributed by atoms with van der Waals surface area (Å²) < 4.78 is 13.6. The fourth-order valence-corrected chi connectivity index (χ4v) is 1.61. The summed E-state index contributed by atoms with van der Waals surface area (Å²) in [4.78, 5) is 23.0. The fourth-order valence-electron chi connectivity index (χ4n) is 1.61. The number of halogens is 1. The zero-order valence-corrected chi connectivity index (χ0v) is 8.66. The van der Waals surface area contributed by atoms with E-state index in [1.165, 1.54) is 6.92 Å². The summed E-state index contributed by atoms with van der Waals surface area (Å²) in [6.07, 6.45) is 1.03. The third-order valence-corrected chi connectivity index (χ3v) is 2.43. The molecule has 0 unspecified atom stereocenters. The molecule has 80 valence electrons. The van der Waals surface area contributed by atoms with Crippen LogP contribution in [0.25, 0.3) is 5.57 Å². The van der Waals surface area contributed by atoms with Gasteiger partial charge in [-0.1, -0.05) is 30.3 Å². The highest BCUT2D eigenvalue weighted by atomic mass is 19.1. The second-order valence-electron chi connectivity index (χ2n) is 3.58. The first-order chi connectivity index (χ1) is 7.61. The first-order valence-electron chi connectivity index (χ1n) is 4.84. The van der Waals surface area contributed by atoms with E-state index in [9.17, 15) is 14.0 Å². The van der Waals surface area contributed by atoms with Crippen molar-refractivity contribution in [2.45, 2.75) is 6.92 Å². The second kappa shape index (κ2) is 3.85. The van der Waals surface area contributed by atoms with Crippen LogP contribution in [0, 0.1) is 0 Å². The maximum atomic E-state index is 13.6. The zero-order valence-electron chi connectivity index (χ0n) is 8.66. The number of carbonyl (C=O) groups is 2. The van der Waals surface area contributed by atoms with Gasteiger partial charge in [-0.05, 0) is 18.6 Å². The summed E-state index contributed by atoms with van der Waals surface area (Å²) >= 11 is 0.